The number of methoxy groups -OCH3 is 2. The minimum absolute atomic E-state index is 0.424. The summed E-state index contributed by atoms with van der Waals surface area (Å²) in [6, 6.07) is 3.69. The molecule has 0 saturated carbocycles. The maximum absolute atomic E-state index is 6.03. The third kappa shape index (κ3) is 5.55. The number of ether oxygens (including phenoxy) is 2. The smallest absolute Gasteiger partial charge is 0.0693 e. The Morgan fingerprint density at radius 3 is 1.95 bits per heavy atom. The van der Waals surface area contributed by atoms with Crippen LogP contribution in [0, 0.1) is 0 Å². The first-order chi connectivity index (χ1) is 9.08. The molecule has 1 aromatic carbocycles. The Bertz CT molecular complexity index is 371. The number of benzene rings is 1. The van der Waals surface area contributed by atoms with E-state index in [-0.39, 0.29) is 0 Å². The van der Waals surface area contributed by atoms with Crippen molar-refractivity contribution in [2.45, 2.75) is 6.54 Å². The van der Waals surface area contributed by atoms with E-state index in [0.29, 0.717) is 28.9 Å². The van der Waals surface area contributed by atoms with Crippen LogP contribution in [0.25, 0.3) is 0 Å². The van der Waals surface area contributed by atoms with Crippen LogP contribution in [-0.4, -0.2) is 45.4 Å². The summed E-state index contributed by atoms with van der Waals surface area (Å²) in [7, 11) is 3.37. The average Bonchev–Trinajstić information content (AvgIpc) is 2.39. The Labute approximate surface area is 124 Å². The Kier molecular flexibility index (Phi) is 7.49. The summed E-state index contributed by atoms with van der Waals surface area (Å²) < 4.78 is 10.2. The standard InChI is InChI=1S/C13H20Cl2N2O2/c1-18-5-3-17(4-6-19-2)9-10-7-11(14)13(16)12(15)8-10/h7-8H,3-6,9,16H2,1-2H3. The highest BCUT2D eigenvalue weighted by Crippen LogP contribution is 2.29. The first-order valence-corrected chi connectivity index (χ1v) is 6.77. The molecule has 0 atom stereocenters. The number of rotatable bonds is 8. The van der Waals surface area contributed by atoms with Gasteiger partial charge in [-0.15, -0.1) is 0 Å². The van der Waals surface area contributed by atoms with Gasteiger partial charge in [0.2, 0.25) is 0 Å². The van der Waals surface area contributed by atoms with Gasteiger partial charge in [0.25, 0.3) is 0 Å². The summed E-state index contributed by atoms with van der Waals surface area (Å²) in [6.45, 7) is 3.70. The first-order valence-electron chi connectivity index (χ1n) is 6.02. The van der Waals surface area contributed by atoms with Crippen LogP contribution in [-0.2, 0) is 16.0 Å². The lowest BCUT2D eigenvalue weighted by Crippen LogP contribution is -2.30. The molecule has 108 valence electrons. The van der Waals surface area contributed by atoms with Crippen molar-refractivity contribution in [2.24, 2.45) is 0 Å². The zero-order valence-electron chi connectivity index (χ0n) is 11.3. The molecule has 0 heterocycles. The van der Waals surface area contributed by atoms with Crippen molar-refractivity contribution in [3.63, 3.8) is 0 Å². The van der Waals surface area contributed by atoms with E-state index in [0.717, 1.165) is 25.2 Å². The monoisotopic (exact) mass is 306 g/mol. The third-order valence-electron chi connectivity index (χ3n) is 2.77. The van der Waals surface area contributed by atoms with Gasteiger partial charge >= 0.3 is 0 Å². The Balaban J connectivity index is 2.71. The van der Waals surface area contributed by atoms with Crippen molar-refractivity contribution in [3.8, 4) is 0 Å². The van der Waals surface area contributed by atoms with Crippen LogP contribution in [0.5, 0.6) is 0 Å². The van der Waals surface area contributed by atoms with E-state index in [2.05, 4.69) is 4.90 Å². The van der Waals surface area contributed by atoms with Crippen LogP contribution in [0.2, 0.25) is 10.0 Å². The predicted octanol–water partition coefficient (Wildman–Crippen LogP) is 2.67. The fraction of sp³-hybridized carbons (Fsp3) is 0.538. The number of nitrogen functional groups attached to an aromatic ring is 1. The van der Waals surface area contributed by atoms with Crippen molar-refractivity contribution >= 4 is 28.9 Å². The lowest BCUT2D eigenvalue weighted by atomic mass is 10.2. The summed E-state index contributed by atoms with van der Waals surface area (Å²) in [6.07, 6.45) is 0. The number of halogens is 2. The third-order valence-corrected chi connectivity index (χ3v) is 3.39. The molecule has 1 aromatic rings. The van der Waals surface area contributed by atoms with Crippen LogP contribution >= 0.6 is 23.2 Å². The molecular weight excluding hydrogens is 287 g/mol. The quantitative estimate of drug-likeness (QED) is 0.750. The molecule has 0 fully saturated rings. The van der Waals surface area contributed by atoms with E-state index in [1.165, 1.54) is 0 Å². The first kappa shape index (κ1) is 16.5. The van der Waals surface area contributed by atoms with Gasteiger partial charge < -0.3 is 15.2 Å². The van der Waals surface area contributed by atoms with Crippen molar-refractivity contribution in [1.29, 1.82) is 0 Å². The fourth-order valence-corrected chi connectivity index (χ4v) is 2.23. The maximum atomic E-state index is 6.03. The van der Waals surface area contributed by atoms with Gasteiger partial charge in [0, 0.05) is 33.9 Å². The molecule has 0 amide bonds. The largest absolute Gasteiger partial charge is 0.396 e. The number of anilines is 1. The second-order valence-electron chi connectivity index (χ2n) is 4.23. The molecule has 0 aromatic heterocycles. The Hall–Kier alpha value is -0.520. The van der Waals surface area contributed by atoms with Crippen LogP contribution in [0.3, 0.4) is 0 Å². The molecule has 0 unspecified atom stereocenters. The maximum Gasteiger partial charge on any atom is 0.0693 e. The van der Waals surface area contributed by atoms with E-state index < -0.39 is 0 Å². The van der Waals surface area contributed by atoms with Crippen LogP contribution in [0.15, 0.2) is 12.1 Å². The van der Waals surface area contributed by atoms with E-state index in [1.54, 1.807) is 14.2 Å². The van der Waals surface area contributed by atoms with Gasteiger partial charge in [0.05, 0.1) is 28.9 Å². The summed E-state index contributed by atoms with van der Waals surface area (Å²) in [4.78, 5) is 2.21. The highest BCUT2D eigenvalue weighted by Gasteiger charge is 2.09. The van der Waals surface area contributed by atoms with Gasteiger partial charge in [-0.1, -0.05) is 23.2 Å². The summed E-state index contributed by atoms with van der Waals surface area (Å²) >= 11 is 12.1. The molecule has 19 heavy (non-hydrogen) atoms. The SMILES string of the molecule is COCCN(CCOC)Cc1cc(Cl)c(N)c(Cl)c1. The highest BCUT2D eigenvalue weighted by atomic mass is 35.5. The predicted molar refractivity (Wildman–Crippen MR) is 79.9 cm³/mol. The molecule has 0 bridgehead atoms. The van der Waals surface area contributed by atoms with Gasteiger partial charge in [-0.2, -0.15) is 0 Å². The average molecular weight is 307 g/mol. The number of hydrogen-bond donors (Lipinski definition) is 1. The lowest BCUT2D eigenvalue weighted by Gasteiger charge is -2.22. The highest BCUT2D eigenvalue weighted by molar-refractivity contribution is 6.38. The van der Waals surface area contributed by atoms with E-state index >= 15 is 0 Å². The summed E-state index contributed by atoms with van der Waals surface area (Å²) in [5, 5.41) is 0.974. The van der Waals surface area contributed by atoms with Crippen LogP contribution in [0.4, 0.5) is 5.69 Å². The molecule has 0 aliphatic carbocycles. The normalized spacial score (nSPS) is 11.2. The number of nitrogens with zero attached hydrogens (tertiary/aromatic N) is 1. The second-order valence-corrected chi connectivity index (χ2v) is 5.05. The minimum Gasteiger partial charge on any atom is -0.396 e. The molecule has 2 N–H and O–H groups in total. The van der Waals surface area contributed by atoms with E-state index in [4.69, 9.17) is 38.4 Å². The molecule has 0 aliphatic heterocycles. The molecule has 0 aliphatic rings. The van der Waals surface area contributed by atoms with Crippen molar-refractivity contribution < 1.29 is 9.47 Å². The van der Waals surface area contributed by atoms with Gasteiger partial charge in [-0.3, -0.25) is 4.90 Å². The zero-order chi connectivity index (χ0) is 14.3. The van der Waals surface area contributed by atoms with Crippen molar-refractivity contribution in [1.82, 2.24) is 4.90 Å². The van der Waals surface area contributed by atoms with Gasteiger partial charge in [0.1, 0.15) is 0 Å². The molecule has 4 nitrogen and oxygen atoms in total. The van der Waals surface area contributed by atoms with E-state index in [9.17, 15) is 0 Å². The molecular formula is C13H20Cl2N2O2. The van der Waals surface area contributed by atoms with E-state index in [1.807, 2.05) is 12.1 Å². The topological polar surface area (TPSA) is 47.7 Å². The second kappa shape index (κ2) is 8.61. The lowest BCUT2D eigenvalue weighted by molar-refractivity contribution is 0.110. The fourth-order valence-electron chi connectivity index (χ4n) is 1.70. The zero-order valence-corrected chi connectivity index (χ0v) is 12.8. The molecule has 1 rings (SSSR count). The summed E-state index contributed by atoms with van der Waals surface area (Å²) in [5.74, 6) is 0. The van der Waals surface area contributed by atoms with Gasteiger partial charge in [0.15, 0.2) is 0 Å². The summed E-state index contributed by atoms with van der Waals surface area (Å²) in [5.41, 5.74) is 7.17. The van der Waals surface area contributed by atoms with Crippen molar-refractivity contribution in [3.05, 3.63) is 27.7 Å². The Morgan fingerprint density at radius 1 is 1.05 bits per heavy atom. The minimum atomic E-state index is 0.424. The van der Waals surface area contributed by atoms with Crippen LogP contribution < -0.4 is 5.73 Å². The van der Waals surface area contributed by atoms with Gasteiger partial charge in [-0.05, 0) is 17.7 Å². The number of nitrogens with two attached hydrogens (primary N) is 1. The van der Waals surface area contributed by atoms with Crippen LogP contribution in [0.1, 0.15) is 5.56 Å². The van der Waals surface area contributed by atoms with Gasteiger partial charge in [-0.25, -0.2) is 0 Å². The van der Waals surface area contributed by atoms with Crippen molar-refractivity contribution in [2.75, 3.05) is 46.3 Å². The Morgan fingerprint density at radius 2 is 1.53 bits per heavy atom. The molecule has 0 spiro atoms. The number of hydrogen-bond acceptors (Lipinski definition) is 4. The molecule has 0 radical (unpaired) electrons. The molecule has 6 heteroatoms. The molecule has 0 saturated heterocycles.